The molecular weight excluding hydrogens is 156 g/mol. The van der Waals surface area contributed by atoms with E-state index in [4.69, 9.17) is 0 Å². The molecule has 0 spiro atoms. The van der Waals surface area contributed by atoms with Gasteiger partial charge >= 0.3 is 6.03 Å². The third kappa shape index (κ3) is 1.15. The molecule has 2 saturated heterocycles. The number of urea groups is 1. The topological polar surface area (TPSA) is 56.4 Å². The molecule has 0 bridgehead atoms. The van der Waals surface area contributed by atoms with Crippen LogP contribution in [0.1, 0.15) is 20.3 Å². The highest BCUT2D eigenvalue weighted by molar-refractivity contribution is 5.75. The molecule has 3 unspecified atom stereocenters. The third-order valence-electron chi connectivity index (χ3n) is 2.39. The summed E-state index contributed by atoms with van der Waals surface area (Å²) in [6, 6.07) is 0.736. The molecule has 2 aliphatic heterocycles. The first kappa shape index (κ1) is 7.82. The predicted octanol–water partition coefficient (Wildman–Crippen LogP) is -0.430. The van der Waals surface area contributed by atoms with Crippen molar-refractivity contribution >= 4 is 6.03 Å². The molecule has 2 heterocycles. The molecule has 0 saturated carbocycles. The molecule has 0 aromatic heterocycles. The second kappa shape index (κ2) is 2.60. The van der Waals surface area contributed by atoms with E-state index >= 15 is 0 Å². The zero-order chi connectivity index (χ0) is 8.72. The Morgan fingerprint density at radius 1 is 1.50 bits per heavy atom. The molecule has 2 aliphatic rings. The Bertz CT molecular complexity index is 208. The van der Waals surface area contributed by atoms with Crippen LogP contribution in [0.15, 0.2) is 0 Å². The average molecular weight is 170 g/mol. The first-order valence-electron chi connectivity index (χ1n) is 4.28. The van der Waals surface area contributed by atoms with Gasteiger partial charge < -0.3 is 5.32 Å². The van der Waals surface area contributed by atoms with Crippen molar-refractivity contribution in [2.24, 2.45) is 0 Å². The van der Waals surface area contributed by atoms with E-state index in [2.05, 4.69) is 29.9 Å². The smallest absolute Gasteiger partial charge is 0.307 e. The van der Waals surface area contributed by atoms with E-state index in [0.29, 0.717) is 12.1 Å². The molecule has 0 aromatic carbocycles. The Balaban J connectivity index is 2.10. The van der Waals surface area contributed by atoms with Crippen LogP contribution >= 0.6 is 0 Å². The van der Waals surface area contributed by atoms with Crippen LogP contribution in [0, 0.1) is 0 Å². The van der Waals surface area contributed by atoms with Crippen molar-refractivity contribution < 1.29 is 4.79 Å². The standard InChI is InChI=1S/C7H14N4O/c1-4-3-5(2)11-6(8-4)9-7(12)10-11/h4-6,8H,3H2,1-2H3,(H2,9,10,12). The Hall–Kier alpha value is -0.810. The van der Waals surface area contributed by atoms with Gasteiger partial charge in [-0.15, -0.1) is 0 Å². The molecule has 3 atom stereocenters. The van der Waals surface area contributed by atoms with Gasteiger partial charge in [0.1, 0.15) is 0 Å². The summed E-state index contributed by atoms with van der Waals surface area (Å²) in [5, 5.41) is 7.97. The number of hydrogen-bond donors (Lipinski definition) is 3. The van der Waals surface area contributed by atoms with E-state index in [1.165, 1.54) is 0 Å². The van der Waals surface area contributed by atoms with Gasteiger partial charge in [0, 0.05) is 12.1 Å². The van der Waals surface area contributed by atoms with Crippen LogP contribution in [0.5, 0.6) is 0 Å². The highest BCUT2D eigenvalue weighted by atomic mass is 16.2. The number of hydrogen-bond acceptors (Lipinski definition) is 3. The van der Waals surface area contributed by atoms with E-state index in [1.54, 1.807) is 0 Å². The summed E-state index contributed by atoms with van der Waals surface area (Å²) in [5.41, 5.74) is 2.75. The summed E-state index contributed by atoms with van der Waals surface area (Å²) in [4.78, 5) is 11.0. The summed E-state index contributed by atoms with van der Waals surface area (Å²) in [6.07, 6.45) is 1.02. The number of amides is 2. The zero-order valence-electron chi connectivity index (χ0n) is 7.29. The molecule has 2 amide bonds. The quantitative estimate of drug-likeness (QED) is 0.462. The molecule has 68 valence electrons. The number of carbonyl (C=O) groups excluding carboxylic acids is 1. The second-order valence-electron chi connectivity index (χ2n) is 3.55. The van der Waals surface area contributed by atoms with Crippen LogP contribution in [-0.4, -0.2) is 29.4 Å². The zero-order valence-corrected chi connectivity index (χ0v) is 7.29. The molecule has 2 fully saturated rings. The van der Waals surface area contributed by atoms with Crippen LogP contribution < -0.4 is 16.1 Å². The van der Waals surface area contributed by atoms with Gasteiger partial charge in [-0.3, -0.25) is 10.7 Å². The van der Waals surface area contributed by atoms with Gasteiger partial charge in [-0.2, -0.15) is 5.01 Å². The predicted molar refractivity (Wildman–Crippen MR) is 44.0 cm³/mol. The molecule has 0 radical (unpaired) electrons. The monoisotopic (exact) mass is 170 g/mol. The molecule has 0 aromatic rings. The first-order chi connectivity index (χ1) is 5.66. The fourth-order valence-electron chi connectivity index (χ4n) is 1.86. The lowest BCUT2D eigenvalue weighted by Crippen LogP contribution is -2.61. The van der Waals surface area contributed by atoms with Crippen LogP contribution in [-0.2, 0) is 0 Å². The SMILES string of the molecule is CC1CC(C)N2NC(=O)NC2N1. The van der Waals surface area contributed by atoms with Crippen molar-refractivity contribution in [3.63, 3.8) is 0 Å². The number of nitrogens with zero attached hydrogens (tertiary/aromatic N) is 1. The Morgan fingerprint density at radius 2 is 2.25 bits per heavy atom. The van der Waals surface area contributed by atoms with Crippen molar-refractivity contribution in [1.82, 2.24) is 21.1 Å². The maximum atomic E-state index is 11.0. The second-order valence-corrected chi connectivity index (χ2v) is 3.55. The van der Waals surface area contributed by atoms with Crippen molar-refractivity contribution in [2.45, 2.75) is 38.6 Å². The van der Waals surface area contributed by atoms with E-state index < -0.39 is 0 Å². The summed E-state index contributed by atoms with van der Waals surface area (Å²) in [7, 11) is 0. The van der Waals surface area contributed by atoms with Crippen molar-refractivity contribution in [3.8, 4) is 0 Å². The molecule has 5 nitrogen and oxygen atoms in total. The van der Waals surface area contributed by atoms with E-state index in [0.717, 1.165) is 6.42 Å². The average Bonchev–Trinajstić information content (AvgIpc) is 2.29. The fourth-order valence-corrected chi connectivity index (χ4v) is 1.86. The van der Waals surface area contributed by atoms with Crippen molar-refractivity contribution in [2.75, 3.05) is 0 Å². The Labute approximate surface area is 71.5 Å². The van der Waals surface area contributed by atoms with E-state index in [1.807, 2.05) is 5.01 Å². The molecule has 2 rings (SSSR count). The van der Waals surface area contributed by atoms with Crippen molar-refractivity contribution in [1.29, 1.82) is 0 Å². The highest BCUT2D eigenvalue weighted by Crippen LogP contribution is 2.15. The molecule has 0 aliphatic carbocycles. The van der Waals surface area contributed by atoms with Gasteiger partial charge in [-0.05, 0) is 20.3 Å². The first-order valence-corrected chi connectivity index (χ1v) is 4.28. The molecular formula is C7H14N4O. The van der Waals surface area contributed by atoms with Gasteiger partial charge in [0.25, 0.3) is 0 Å². The maximum Gasteiger partial charge on any atom is 0.331 e. The lowest BCUT2D eigenvalue weighted by molar-refractivity contribution is 0.0494. The van der Waals surface area contributed by atoms with Gasteiger partial charge in [0.2, 0.25) is 0 Å². The summed E-state index contributed by atoms with van der Waals surface area (Å²) >= 11 is 0. The minimum Gasteiger partial charge on any atom is -0.307 e. The number of fused-ring (bicyclic) bond motifs is 1. The third-order valence-corrected chi connectivity index (χ3v) is 2.39. The van der Waals surface area contributed by atoms with E-state index in [9.17, 15) is 4.79 Å². The van der Waals surface area contributed by atoms with Crippen LogP contribution in [0.3, 0.4) is 0 Å². The summed E-state index contributed by atoms with van der Waals surface area (Å²) in [5.74, 6) is 0. The van der Waals surface area contributed by atoms with Crippen LogP contribution in [0.4, 0.5) is 4.79 Å². The Kier molecular flexibility index (Phi) is 1.69. The number of rotatable bonds is 0. The van der Waals surface area contributed by atoms with Gasteiger partial charge in [-0.1, -0.05) is 0 Å². The number of nitrogens with one attached hydrogen (secondary N) is 3. The van der Waals surface area contributed by atoms with Gasteiger partial charge in [0.15, 0.2) is 6.29 Å². The minimum absolute atomic E-state index is 0.0313. The maximum absolute atomic E-state index is 11.0. The van der Waals surface area contributed by atoms with Crippen molar-refractivity contribution in [3.05, 3.63) is 0 Å². The molecule has 12 heavy (non-hydrogen) atoms. The lowest BCUT2D eigenvalue weighted by atomic mass is 10.1. The van der Waals surface area contributed by atoms with E-state index in [-0.39, 0.29) is 12.3 Å². The lowest BCUT2D eigenvalue weighted by Gasteiger charge is -2.37. The minimum atomic E-state index is -0.117. The summed E-state index contributed by atoms with van der Waals surface area (Å²) < 4.78 is 0. The van der Waals surface area contributed by atoms with Gasteiger partial charge in [-0.25, -0.2) is 4.79 Å². The normalized spacial score (nSPS) is 41.8. The number of hydrazine groups is 1. The summed E-state index contributed by atoms with van der Waals surface area (Å²) in [6.45, 7) is 4.23. The van der Waals surface area contributed by atoms with Gasteiger partial charge in [0.05, 0.1) is 0 Å². The number of carbonyl (C=O) groups is 1. The largest absolute Gasteiger partial charge is 0.331 e. The van der Waals surface area contributed by atoms with Crippen LogP contribution in [0.2, 0.25) is 0 Å². The van der Waals surface area contributed by atoms with Crippen LogP contribution in [0.25, 0.3) is 0 Å². The Morgan fingerprint density at radius 3 is 3.00 bits per heavy atom. The molecule has 5 heteroatoms. The highest BCUT2D eigenvalue weighted by Gasteiger charge is 2.37. The fraction of sp³-hybridized carbons (Fsp3) is 0.857. The molecule has 3 N–H and O–H groups in total.